The predicted octanol–water partition coefficient (Wildman–Crippen LogP) is 2.67. The first kappa shape index (κ1) is 10.4. The van der Waals surface area contributed by atoms with Gasteiger partial charge in [0.1, 0.15) is 5.60 Å². The van der Waals surface area contributed by atoms with Crippen LogP contribution in [-0.2, 0) is 15.1 Å². The Bertz CT molecular complexity index is 385. The normalized spacial score (nSPS) is 33.8. The van der Waals surface area contributed by atoms with Crippen LogP contribution in [-0.4, -0.2) is 11.4 Å². The average molecular weight is 204 g/mol. The summed E-state index contributed by atoms with van der Waals surface area (Å²) in [6, 6.07) is 9.99. The maximum Gasteiger partial charge on any atom is 0.164 e. The van der Waals surface area contributed by atoms with Crippen LogP contribution >= 0.6 is 0 Å². The summed E-state index contributed by atoms with van der Waals surface area (Å²) in [4.78, 5) is 11.6. The Morgan fingerprint density at radius 1 is 1.33 bits per heavy atom. The Hall–Kier alpha value is -1.15. The van der Waals surface area contributed by atoms with Crippen molar-refractivity contribution in [3.05, 3.63) is 35.9 Å². The minimum atomic E-state index is -0.622. The fourth-order valence-electron chi connectivity index (χ4n) is 2.33. The third-order valence-electron chi connectivity index (χ3n) is 3.52. The van der Waals surface area contributed by atoms with E-state index in [2.05, 4.69) is 6.92 Å². The van der Waals surface area contributed by atoms with Crippen molar-refractivity contribution in [3.8, 4) is 0 Å². The van der Waals surface area contributed by atoms with Crippen molar-refractivity contribution in [2.24, 2.45) is 0 Å². The van der Waals surface area contributed by atoms with Gasteiger partial charge in [-0.25, -0.2) is 0 Å². The van der Waals surface area contributed by atoms with Crippen molar-refractivity contribution < 1.29 is 9.53 Å². The summed E-state index contributed by atoms with van der Waals surface area (Å²) >= 11 is 0. The molecule has 1 fully saturated rings. The number of hydrogen-bond donors (Lipinski definition) is 0. The van der Waals surface area contributed by atoms with Crippen molar-refractivity contribution in [2.45, 2.75) is 38.4 Å². The fraction of sp³-hybridized carbons (Fsp3) is 0.462. The lowest BCUT2D eigenvalue weighted by molar-refractivity contribution is -0.121. The summed E-state index contributed by atoms with van der Waals surface area (Å²) in [5.74, 6) is 0.105. The molecule has 0 saturated carbocycles. The van der Waals surface area contributed by atoms with Gasteiger partial charge in [-0.2, -0.15) is 0 Å². The monoisotopic (exact) mass is 204 g/mol. The van der Waals surface area contributed by atoms with Crippen LogP contribution in [0.5, 0.6) is 0 Å². The van der Waals surface area contributed by atoms with E-state index in [1.54, 1.807) is 6.92 Å². The van der Waals surface area contributed by atoms with Gasteiger partial charge in [0.05, 0.1) is 0 Å². The first-order valence-electron chi connectivity index (χ1n) is 5.33. The zero-order valence-electron chi connectivity index (χ0n) is 9.41. The number of rotatable bonds is 3. The maximum atomic E-state index is 11.6. The minimum absolute atomic E-state index is 0.105. The quantitative estimate of drug-likeness (QED) is 0.708. The van der Waals surface area contributed by atoms with Gasteiger partial charge in [-0.3, -0.25) is 4.79 Å². The molecular formula is C13H16O2. The van der Waals surface area contributed by atoms with Gasteiger partial charge in [-0.05, 0) is 25.8 Å². The van der Waals surface area contributed by atoms with Crippen LogP contribution in [0.1, 0.15) is 32.8 Å². The second-order valence-electron chi connectivity index (χ2n) is 4.24. The molecule has 80 valence electrons. The van der Waals surface area contributed by atoms with Gasteiger partial charge in [0, 0.05) is 0 Å². The van der Waals surface area contributed by atoms with E-state index in [4.69, 9.17) is 4.74 Å². The number of hydrogen-bond acceptors (Lipinski definition) is 2. The molecule has 1 aromatic carbocycles. The molecule has 1 saturated heterocycles. The first-order chi connectivity index (χ1) is 7.07. The number of epoxide rings is 1. The highest BCUT2D eigenvalue weighted by Gasteiger charge is 2.69. The third kappa shape index (κ3) is 1.25. The van der Waals surface area contributed by atoms with Gasteiger partial charge < -0.3 is 4.74 Å². The number of ether oxygens (including phenoxy) is 1. The maximum absolute atomic E-state index is 11.6. The van der Waals surface area contributed by atoms with E-state index in [0.29, 0.717) is 0 Å². The molecule has 2 nitrogen and oxygen atoms in total. The van der Waals surface area contributed by atoms with Crippen LogP contribution in [0.3, 0.4) is 0 Å². The third-order valence-corrected chi connectivity index (χ3v) is 3.52. The lowest BCUT2D eigenvalue weighted by atomic mass is 9.83. The van der Waals surface area contributed by atoms with E-state index in [-0.39, 0.29) is 11.4 Å². The molecule has 0 radical (unpaired) electrons. The van der Waals surface area contributed by atoms with E-state index in [9.17, 15) is 4.79 Å². The Morgan fingerprint density at radius 3 is 2.33 bits per heavy atom. The number of Topliss-reactive ketones (excluding diaryl/α,β-unsaturated/α-hetero) is 1. The molecule has 0 aromatic heterocycles. The zero-order chi connectivity index (χ0) is 11.1. The second-order valence-corrected chi connectivity index (χ2v) is 4.24. The fourth-order valence-corrected chi connectivity index (χ4v) is 2.33. The van der Waals surface area contributed by atoms with Crippen LogP contribution in [0.25, 0.3) is 0 Å². The molecule has 0 N–H and O–H groups in total. The summed E-state index contributed by atoms with van der Waals surface area (Å²) in [6.45, 7) is 5.54. The molecule has 2 heteroatoms. The van der Waals surface area contributed by atoms with Gasteiger partial charge in [-0.15, -0.1) is 0 Å². The minimum Gasteiger partial charge on any atom is -0.349 e. The Kier molecular flexibility index (Phi) is 2.19. The summed E-state index contributed by atoms with van der Waals surface area (Å²) in [7, 11) is 0. The highest BCUT2D eigenvalue weighted by Crippen LogP contribution is 2.58. The standard InChI is InChI=1S/C13H16O2/c1-4-13(11-8-6-5-7-9-11)12(3,15-13)10(2)14/h5-9H,4H2,1-3H3/t12-,13+/m0/s1. The molecule has 2 rings (SSSR count). The molecule has 1 aliphatic rings. The summed E-state index contributed by atoms with van der Waals surface area (Å²) in [5.41, 5.74) is 0.0913. The second kappa shape index (κ2) is 3.17. The van der Waals surface area contributed by atoms with E-state index in [1.807, 2.05) is 37.3 Å². The highest BCUT2D eigenvalue weighted by molar-refractivity contribution is 5.89. The van der Waals surface area contributed by atoms with E-state index in [0.717, 1.165) is 12.0 Å². The molecule has 0 amide bonds. The topological polar surface area (TPSA) is 29.6 Å². The van der Waals surface area contributed by atoms with Crippen molar-refractivity contribution in [3.63, 3.8) is 0 Å². The molecule has 1 heterocycles. The highest BCUT2D eigenvalue weighted by atomic mass is 16.6. The summed E-state index contributed by atoms with van der Waals surface area (Å²) < 4.78 is 5.74. The van der Waals surface area contributed by atoms with Crippen LogP contribution in [0.15, 0.2) is 30.3 Å². The number of carbonyl (C=O) groups is 1. The van der Waals surface area contributed by atoms with Crippen LogP contribution in [0.4, 0.5) is 0 Å². The molecule has 0 unspecified atom stereocenters. The van der Waals surface area contributed by atoms with Gasteiger partial charge >= 0.3 is 0 Å². The Balaban J connectivity index is 2.40. The molecular weight excluding hydrogens is 188 g/mol. The number of benzene rings is 1. The van der Waals surface area contributed by atoms with Crippen LogP contribution in [0.2, 0.25) is 0 Å². The van der Waals surface area contributed by atoms with Crippen LogP contribution < -0.4 is 0 Å². The number of carbonyl (C=O) groups excluding carboxylic acids is 1. The van der Waals surface area contributed by atoms with E-state index < -0.39 is 5.60 Å². The van der Waals surface area contributed by atoms with Gasteiger partial charge in [0.15, 0.2) is 11.4 Å². The summed E-state index contributed by atoms with van der Waals surface area (Å²) in [5, 5.41) is 0. The van der Waals surface area contributed by atoms with Crippen molar-refractivity contribution in [1.29, 1.82) is 0 Å². The lowest BCUT2D eigenvalue weighted by Gasteiger charge is -2.13. The smallest absolute Gasteiger partial charge is 0.164 e. The first-order valence-corrected chi connectivity index (χ1v) is 5.33. The van der Waals surface area contributed by atoms with E-state index in [1.165, 1.54) is 0 Å². The van der Waals surface area contributed by atoms with Crippen molar-refractivity contribution in [2.75, 3.05) is 0 Å². The lowest BCUT2D eigenvalue weighted by Crippen LogP contribution is -2.27. The predicted molar refractivity (Wildman–Crippen MR) is 58.6 cm³/mol. The molecule has 15 heavy (non-hydrogen) atoms. The molecule has 1 aromatic rings. The average Bonchev–Trinajstić information content (AvgIpc) is 2.89. The van der Waals surface area contributed by atoms with Gasteiger partial charge in [0.25, 0.3) is 0 Å². The molecule has 0 aliphatic carbocycles. The van der Waals surface area contributed by atoms with Gasteiger partial charge in [-0.1, -0.05) is 37.3 Å². The van der Waals surface area contributed by atoms with Crippen LogP contribution in [0, 0.1) is 0 Å². The molecule has 0 bridgehead atoms. The molecule has 0 spiro atoms. The number of ketones is 1. The molecule has 1 aliphatic heterocycles. The largest absolute Gasteiger partial charge is 0.349 e. The van der Waals surface area contributed by atoms with Crippen molar-refractivity contribution >= 4 is 5.78 Å². The van der Waals surface area contributed by atoms with Crippen molar-refractivity contribution in [1.82, 2.24) is 0 Å². The zero-order valence-corrected chi connectivity index (χ0v) is 9.41. The van der Waals surface area contributed by atoms with Gasteiger partial charge in [0.2, 0.25) is 0 Å². The van der Waals surface area contributed by atoms with E-state index >= 15 is 0 Å². The molecule has 2 atom stereocenters. The summed E-state index contributed by atoms with van der Waals surface area (Å²) in [6.07, 6.45) is 0.826. The SMILES string of the molecule is CC[C@]1(c2ccccc2)O[C@@]1(C)C(C)=O. The Morgan fingerprint density at radius 2 is 1.93 bits per heavy atom. The Labute approximate surface area is 90.3 Å².